The van der Waals surface area contributed by atoms with Crippen LogP contribution in [0.15, 0.2) is 6.07 Å². The Bertz CT molecular complexity index is 330. The highest BCUT2D eigenvalue weighted by atomic mass is 16.1. The van der Waals surface area contributed by atoms with Crippen LogP contribution < -0.4 is 11.1 Å². The second kappa shape index (κ2) is 6.27. The Labute approximate surface area is 95.8 Å². The molecule has 4 N–H and O–H groups in total. The van der Waals surface area contributed by atoms with Gasteiger partial charge in [0.1, 0.15) is 0 Å². The number of nitrogens with zero attached hydrogens (tertiary/aromatic N) is 1. The first-order valence-electron chi connectivity index (χ1n) is 5.73. The molecule has 1 heterocycles. The number of aryl methyl sites for hydroxylation is 1. The van der Waals surface area contributed by atoms with Gasteiger partial charge in [0.25, 0.3) is 0 Å². The molecule has 0 aliphatic carbocycles. The van der Waals surface area contributed by atoms with Crippen LogP contribution in [-0.4, -0.2) is 22.6 Å². The van der Waals surface area contributed by atoms with Crippen molar-refractivity contribution in [3.63, 3.8) is 0 Å². The largest absolute Gasteiger partial charge is 0.330 e. The van der Waals surface area contributed by atoms with Crippen molar-refractivity contribution in [2.75, 3.05) is 11.9 Å². The van der Waals surface area contributed by atoms with Crippen molar-refractivity contribution in [1.82, 2.24) is 10.2 Å². The Morgan fingerprint density at radius 2 is 2.38 bits per heavy atom. The van der Waals surface area contributed by atoms with Gasteiger partial charge in [0.15, 0.2) is 5.82 Å². The van der Waals surface area contributed by atoms with Crippen LogP contribution in [0, 0.1) is 5.92 Å². The molecular formula is C11H20N4O. The predicted octanol–water partition coefficient (Wildman–Crippen LogP) is 1.29. The van der Waals surface area contributed by atoms with E-state index in [2.05, 4.69) is 15.5 Å². The van der Waals surface area contributed by atoms with Crippen molar-refractivity contribution < 1.29 is 4.79 Å². The van der Waals surface area contributed by atoms with Gasteiger partial charge >= 0.3 is 0 Å². The summed E-state index contributed by atoms with van der Waals surface area (Å²) in [6.07, 6.45) is 2.26. The number of hydrogen-bond donors (Lipinski definition) is 3. The van der Waals surface area contributed by atoms with Gasteiger partial charge in [-0.2, -0.15) is 5.10 Å². The number of amides is 1. The molecule has 90 valence electrons. The van der Waals surface area contributed by atoms with Crippen LogP contribution in [0.5, 0.6) is 0 Å². The van der Waals surface area contributed by atoms with Gasteiger partial charge in [-0.1, -0.05) is 20.3 Å². The number of aromatic amines is 1. The van der Waals surface area contributed by atoms with E-state index in [4.69, 9.17) is 5.73 Å². The number of nitrogens with two attached hydrogens (primary N) is 1. The molecule has 1 aromatic rings. The smallest absolute Gasteiger partial charge is 0.225 e. The highest BCUT2D eigenvalue weighted by molar-refractivity contribution is 5.89. The summed E-state index contributed by atoms with van der Waals surface area (Å²) in [5, 5.41) is 9.61. The summed E-state index contributed by atoms with van der Waals surface area (Å²) in [5.74, 6) is 0.824. The quantitative estimate of drug-likeness (QED) is 0.680. The van der Waals surface area contributed by atoms with Crippen LogP contribution in [0.1, 0.15) is 32.4 Å². The van der Waals surface area contributed by atoms with Gasteiger partial charge < -0.3 is 11.1 Å². The molecular weight excluding hydrogens is 204 g/mol. The van der Waals surface area contributed by atoms with Gasteiger partial charge in [0, 0.05) is 18.2 Å². The fraction of sp³-hybridized carbons (Fsp3) is 0.636. The van der Waals surface area contributed by atoms with Crippen molar-refractivity contribution in [3.05, 3.63) is 11.8 Å². The SMILES string of the molecule is CCc1cc(NC(=O)CC(CC)CN)n[nH]1. The van der Waals surface area contributed by atoms with Crippen molar-refractivity contribution in [1.29, 1.82) is 0 Å². The minimum absolute atomic E-state index is 0.0218. The van der Waals surface area contributed by atoms with Crippen molar-refractivity contribution in [2.45, 2.75) is 33.1 Å². The first-order chi connectivity index (χ1) is 7.69. The van der Waals surface area contributed by atoms with Crippen molar-refractivity contribution in [3.8, 4) is 0 Å². The molecule has 1 amide bonds. The predicted molar refractivity (Wildman–Crippen MR) is 64.0 cm³/mol. The van der Waals surface area contributed by atoms with Gasteiger partial charge in [-0.25, -0.2) is 0 Å². The third-order valence-electron chi connectivity index (χ3n) is 2.66. The monoisotopic (exact) mass is 224 g/mol. The number of H-pyrrole nitrogens is 1. The lowest BCUT2D eigenvalue weighted by molar-refractivity contribution is -0.117. The molecule has 0 saturated heterocycles. The van der Waals surface area contributed by atoms with Crippen LogP contribution in [0.25, 0.3) is 0 Å². The molecule has 1 rings (SSSR count). The van der Waals surface area contributed by atoms with Gasteiger partial charge in [-0.3, -0.25) is 9.89 Å². The summed E-state index contributed by atoms with van der Waals surface area (Å²) in [4.78, 5) is 11.6. The number of hydrogen-bond acceptors (Lipinski definition) is 3. The average Bonchev–Trinajstić information content (AvgIpc) is 2.73. The van der Waals surface area contributed by atoms with E-state index < -0.39 is 0 Å². The minimum Gasteiger partial charge on any atom is -0.330 e. The lowest BCUT2D eigenvalue weighted by Gasteiger charge is -2.10. The van der Waals surface area contributed by atoms with E-state index in [1.54, 1.807) is 0 Å². The zero-order valence-corrected chi connectivity index (χ0v) is 9.92. The Kier molecular flexibility index (Phi) is 4.98. The van der Waals surface area contributed by atoms with E-state index in [1.165, 1.54) is 0 Å². The molecule has 16 heavy (non-hydrogen) atoms. The summed E-state index contributed by atoms with van der Waals surface area (Å²) in [6, 6.07) is 1.85. The maximum Gasteiger partial charge on any atom is 0.225 e. The van der Waals surface area contributed by atoms with Crippen molar-refractivity contribution in [2.24, 2.45) is 11.7 Å². The lowest BCUT2D eigenvalue weighted by atomic mass is 10.0. The first-order valence-corrected chi connectivity index (χ1v) is 5.73. The minimum atomic E-state index is -0.0218. The number of rotatable bonds is 6. The molecule has 0 fully saturated rings. The fourth-order valence-corrected chi connectivity index (χ4v) is 1.46. The zero-order valence-electron chi connectivity index (χ0n) is 9.92. The van der Waals surface area contributed by atoms with E-state index >= 15 is 0 Å². The van der Waals surface area contributed by atoms with Crippen LogP contribution in [0.2, 0.25) is 0 Å². The maximum absolute atomic E-state index is 11.6. The molecule has 5 heteroatoms. The Hall–Kier alpha value is -1.36. The fourth-order valence-electron chi connectivity index (χ4n) is 1.46. The summed E-state index contributed by atoms with van der Waals surface area (Å²) in [5.41, 5.74) is 6.56. The molecule has 0 aromatic carbocycles. The van der Waals surface area contributed by atoms with Gasteiger partial charge in [0.2, 0.25) is 5.91 Å². The van der Waals surface area contributed by atoms with E-state index in [0.717, 1.165) is 18.5 Å². The number of anilines is 1. The van der Waals surface area contributed by atoms with Gasteiger partial charge in [0.05, 0.1) is 0 Å². The highest BCUT2D eigenvalue weighted by Crippen LogP contribution is 2.10. The molecule has 1 unspecified atom stereocenters. The van der Waals surface area contributed by atoms with E-state index in [9.17, 15) is 4.79 Å². The number of carbonyl (C=O) groups excluding carboxylic acids is 1. The molecule has 1 aromatic heterocycles. The molecule has 5 nitrogen and oxygen atoms in total. The molecule has 1 atom stereocenters. The third kappa shape index (κ3) is 3.66. The lowest BCUT2D eigenvalue weighted by Crippen LogP contribution is -2.21. The van der Waals surface area contributed by atoms with Crippen molar-refractivity contribution >= 4 is 11.7 Å². The topological polar surface area (TPSA) is 83.8 Å². The number of nitrogens with one attached hydrogen (secondary N) is 2. The standard InChI is InChI=1S/C11H20N4O/c1-3-8(7-12)5-11(16)13-10-6-9(4-2)14-15-10/h6,8H,3-5,7,12H2,1-2H3,(H2,13,14,15,16). The van der Waals surface area contributed by atoms with Crippen LogP contribution in [0.4, 0.5) is 5.82 Å². The van der Waals surface area contributed by atoms with Crippen LogP contribution in [-0.2, 0) is 11.2 Å². The third-order valence-corrected chi connectivity index (χ3v) is 2.66. The van der Waals surface area contributed by atoms with E-state index in [1.807, 2.05) is 19.9 Å². The van der Waals surface area contributed by atoms with Crippen LogP contribution in [0.3, 0.4) is 0 Å². The second-order valence-corrected chi connectivity index (χ2v) is 3.89. The Morgan fingerprint density at radius 3 is 2.88 bits per heavy atom. The molecule has 0 aliphatic rings. The molecule has 0 radical (unpaired) electrons. The maximum atomic E-state index is 11.6. The molecule has 0 saturated carbocycles. The van der Waals surface area contributed by atoms with Gasteiger partial charge in [-0.15, -0.1) is 0 Å². The molecule has 0 spiro atoms. The summed E-state index contributed by atoms with van der Waals surface area (Å²) < 4.78 is 0. The average molecular weight is 224 g/mol. The summed E-state index contributed by atoms with van der Waals surface area (Å²) in [6.45, 7) is 4.61. The van der Waals surface area contributed by atoms with E-state index in [-0.39, 0.29) is 11.8 Å². The zero-order chi connectivity index (χ0) is 12.0. The Morgan fingerprint density at radius 1 is 1.62 bits per heavy atom. The molecule has 0 aliphatic heterocycles. The number of aromatic nitrogens is 2. The summed E-state index contributed by atoms with van der Waals surface area (Å²) >= 11 is 0. The Balaban J connectivity index is 2.44. The first kappa shape index (κ1) is 12.7. The van der Waals surface area contributed by atoms with Gasteiger partial charge in [-0.05, 0) is 18.9 Å². The van der Waals surface area contributed by atoms with E-state index in [0.29, 0.717) is 18.8 Å². The second-order valence-electron chi connectivity index (χ2n) is 3.89. The normalized spacial score (nSPS) is 12.4. The highest BCUT2D eigenvalue weighted by Gasteiger charge is 2.11. The molecule has 0 bridgehead atoms. The number of carbonyl (C=O) groups is 1. The van der Waals surface area contributed by atoms with Crippen LogP contribution >= 0.6 is 0 Å². The summed E-state index contributed by atoms with van der Waals surface area (Å²) in [7, 11) is 0.